The molecule has 2 heterocycles. The molecule has 0 saturated heterocycles. The number of hydrogen-bond acceptors (Lipinski definition) is 2. The summed E-state index contributed by atoms with van der Waals surface area (Å²) in [5.74, 6) is 1.88. The Labute approximate surface area is 75.6 Å². The average Bonchev–Trinajstić information content (AvgIpc) is 2.65. The first-order valence-electron chi connectivity index (χ1n) is 4.19. The first-order valence-corrected chi connectivity index (χ1v) is 4.19. The molecule has 3 heteroatoms. The number of imidazole rings is 1. The third-order valence-electron chi connectivity index (χ3n) is 2.20. The van der Waals surface area contributed by atoms with E-state index in [2.05, 4.69) is 9.55 Å². The summed E-state index contributed by atoms with van der Waals surface area (Å²) in [4.78, 5) is 4.19. The van der Waals surface area contributed by atoms with Gasteiger partial charge in [0.05, 0.1) is 5.69 Å². The standard InChI is InChI=1S/C10H8N2O/c1-2-4-9-8(3-1)12-6-5-11-10(12)7-13-9/h1-6H,7H2. The molecule has 0 spiro atoms. The van der Waals surface area contributed by atoms with Crippen LogP contribution in [0.2, 0.25) is 0 Å². The maximum atomic E-state index is 5.52. The van der Waals surface area contributed by atoms with Gasteiger partial charge < -0.3 is 4.74 Å². The molecule has 13 heavy (non-hydrogen) atoms. The van der Waals surface area contributed by atoms with E-state index in [-0.39, 0.29) is 0 Å². The molecule has 0 radical (unpaired) electrons. The van der Waals surface area contributed by atoms with Crippen molar-refractivity contribution in [3.8, 4) is 11.4 Å². The fraction of sp³-hybridized carbons (Fsp3) is 0.100. The van der Waals surface area contributed by atoms with Crippen LogP contribution in [0.5, 0.6) is 5.75 Å². The Kier molecular flexibility index (Phi) is 1.22. The highest BCUT2D eigenvalue weighted by molar-refractivity contribution is 5.48. The Bertz CT molecular complexity index is 448. The zero-order valence-corrected chi connectivity index (χ0v) is 6.97. The van der Waals surface area contributed by atoms with Gasteiger partial charge >= 0.3 is 0 Å². The van der Waals surface area contributed by atoms with E-state index < -0.39 is 0 Å². The van der Waals surface area contributed by atoms with E-state index in [0.29, 0.717) is 6.61 Å². The zero-order valence-electron chi connectivity index (χ0n) is 6.97. The van der Waals surface area contributed by atoms with Crippen LogP contribution in [0.4, 0.5) is 0 Å². The Morgan fingerprint density at radius 1 is 1.31 bits per heavy atom. The van der Waals surface area contributed by atoms with Crippen molar-refractivity contribution in [1.29, 1.82) is 0 Å². The third-order valence-corrected chi connectivity index (χ3v) is 2.20. The Balaban J connectivity index is 2.30. The van der Waals surface area contributed by atoms with E-state index >= 15 is 0 Å². The molecule has 0 amide bonds. The summed E-state index contributed by atoms with van der Waals surface area (Å²) >= 11 is 0. The number of benzene rings is 1. The second-order valence-corrected chi connectivity index (χ2v) is 2.97. The van der Waals surface area contributed by atoms with Crippen molar-refractivity contribution in [1.82, 2.24) is 9.55 Å². The van der Waals surface area contributed by atoms with Crippen molar-refractivity contribution >= 4 is 0 Å². The largest absolute Gasteiger partial charge is 0.483 e. The van der Waals surface area contributed by atoms with Gasteiger partial charge in [0, 0.05) is 12.4 Å². The summed E-state index contributed by atoms with van der Waals surface area (Å²) in [7, 11) is 0. The topological polar surface area (TPSA) is 27.1 Å². The number of fused-ring (bicyclic) bond motifs is 3. The van der Waals surface area contributed by atoms with Crippen LogP contribution in [0.1, 0.15) is 5.82 Å². The molecular weight excluding hydrogens is 164 g/mol. The normalized spacial score (nSPS) is 12.9. The second kappa shape index (κ2) is 2.36. The maximum absolute atomic E-state index is 5.52. The molecule has 3 nitrogen and oxygen atoms in total. The van der Waals surface area contributed by atoms with Gasteiger partial charge in [-0.3, -0.25) is 4.57 Å². The third kappa shape index (κ3) is 0.869. The van der Waals surface area contributed by atoms with Crippen molar-refractivity contribution in [2.75, 3.05) is 0 Å². The first-order chi connectivity index (χ1) is 6.45. The van der Waals surface area contributed by atoms with Gasteiger partial charge in [-0.25, -0.2) is 4.98 Å². The number of ether oxygens (including phenoxy) is 1. The van der Waals surface area contributed by atoms with Gasteiger partial charge in [-0.05, 0) is 12.1 Å². The summed E-state index contributed by atoms with van der Waals surface area (Å²) in [5.41, 5.74) is 1.07. The monoisotopic (exact) mass is 172 g/mol. The molecule has 1 aromatic carbocycles. The minimum Gasteiger partial charge on any atom is -0.483 e. The zero-order chi connectivity index (χ0) is 8.67. The summed E-state index contributed by atoms with van der Waals surface area (Å²) in [5, 5.41) is 0. The van der Waals surface area contributed by atoms with Gasteiger partial charge in [0.15, 0.2) is 5.82 Å². The van der Waals surface area contributed by atoms with E-state index in [4.69, 9.17) is 4.74 Å². The van der Waals surface area contributed by atoms with Crippen LogP contribution in [0.3, 0.4) is 0 Å². The Hall–Kier alpha value is -1.77. The molecule has 0 aliphatic carbocycles. The van der Waals surface area contributed by atoms with E-state index in [1.807, 2.05) is 30.5 Å². The van der Waals surface area contributed by atoms with Crippen molar-refractivity contribution in [2.24, 2.45) is 0 Å². The molecule has 2 aromatic rings. The van der Waals surface area contributed by atoms with E-state index in [0.717, 1.165) is 17.3 Å². The van der Waals surface area contributed by atoms with Crippen LogP contribution in [-0.2, 0) is 6.61 Å². The van der Waals surface area contributed by atoms with Gasteiger partial charge in [0.1, 0.15) is 12.4 Å². The Morgan fingerprint density at radius 2 is 2.23 bits per heavy atom. The fourth-order valence-electron chi connectivity index (χ4n) is 1.58. The lowest BCUT2D eigenvalue weighted by Gasteiger charge is -2.18. The highest BCUT2D eigenvalue weighted by atomic mass is 16.5. The molecule has 3 rings (SSSR count). The van der Waals surface area contributed by atoms with Gasteiger partial charge in [-0.2, -0.15) is 0 Å². The summed E-state index contributed by atoms with van der Waals surface area (Å²) < 4.78 is 7.58. The predicted molar refractivity (Wildman–Crippen MR) is 47.9 cm³/mol. The van der Waals surface area contributed by atoms with Crippen molar-refractivity contribution in [2.45, 2.75) is 6.61 Å². The first kappa shape index (κ1) is 6.71. The predicted octanol–water partition coefficient (Wildman–Crippen LogP) is 1.76. The van der Waals surface area contributed by atoms with Crippen LogP contribution in [0.15, 0.2) is 36.7 Å². The highest BCUT2D eigenvalue weighted by Gasteiger charge is 2.15. The van der Waals surface area contributed by atoms with Crippen LogP contribution in [-0.4, -0.2) is 9.55 Å². The van der Waals surface area contributed by atoms with Gasteiger partial charge in [0.2, 0.25) is 0 Å². The molecule has 1 aromatic heterocycles. The minimum atomic E-state index is 0.560. The van der Waals surface area contributed by atoms with Crippen molar-refractivity contribution < 1.29 is 4.74 Å². The molecule has 1 aliphatic heterocycles. The molecule has 0 atom stereocenters. The van der Waals surface area contributed by atoms with E-state index in [1.165, 1.54) is 0 Å². The molecular formula is C10H8N2O. The molecule has 0 fully saturated rings. The summed E-state index contributed by atoms with van der Waals surface area (Å²) in [6.07, 6.45) is 3.75. The smallest absolute Gasteiger partial charge is 0.151 e. The number of rotatable bonds is 0. The lowest BCUT2D eigenvalue weighted by Crippen LogP contribution is -2.12. The molecule has 64 valence electrons. The number of hydrogen-bond donors (Lipinski definition) is 0. The Morgan fingerprint density at radius 3 is 3.23 bits per heavy atom. The minimum absolute atomic E-state index is 0.560. The maximum Gasteiger partial charge on any atom is 0.151 e. The number of para-hydroxylation sites is 2. The van der Waals surface area contributed by atoms with Crippen LogP contribution < -0.4 is 4.74 Å². The van der Waals surface area contributed by atoms with Gasteiger partial charge in [-0.15, -0.1) is 0 Å². The quantitative estimate of drug-likeness (QED) is 0.605. The van der Waals surface area contributed by atoms with Crippen LogP contribution in [0.25, 0.3) is 5.69 Å². The summed E-state index contributed by atoms with van der Waals surface area (Å²) in [6.45, 7) is 0.560. The summed E-state index contributed by atoms with van der Waals surface area (Å²) in [6, 6.07) is 7.97. The van der Waals surface area contributed by atoms with Crippen LogP contribution in [0, 0.1) is 0 Å². The van der Waals surface area contributed by atoms with Crippen molar-refractivity contribution in [3.63, 3.8) is 0 Å². The molecule has 0 bridgehead atoms. The average molecular weight is 172 g/mol. The SMILES string of the molecule is c1ccc2c(c1)OCc1nccn1-2. The molecule has 0 saturated carbocycles. The molecule has 0 unspecified atom stereocenters. The second-order valence-electron chi connectivity index (χ2n) is 2.97. The molecule has 1 aliphatic rings. The van der Waals surface area contributed by atoms with Crippen molar-refractivity contribution in [3.05, 3.63) is 42.5 Å². The lowest BCUT2D eigenvalue weighted by molar-refractivity contribution is 0.279. The lowest BCUT2D eigenvalue weighted by atomic mass is 10.2. The molecule has 0 N–H and O–H groups in total. The number of nitrogens with zero attached hydrogens (tertiary/aromatic N) is 2. The van der Waals surface area contributed by atoms with E-state index in [9.17, 15) is 0 Å². The highest BCUT2D eigenvalue weighted by Crippen LogP contribution is 2.28. The number of aromatic nitrogens is 2. The van der Waals surface area contributed by atoms with Gasteiger partial charge in [-0.1, -0.05) is 12.1 Å². The fourth-order valence-corrected chi connectivity index (χ4v) is 1.58. The van der Waals surface area contributed by atoms with Gasteiger partial charge in [0.25, 0.3) is 0 Å². The van der Waals surface area contributed by atoms with Crippen LogP contribution >= 0.6 is 0 Å². The van der Waals surface area contributed by atoms with E-state index in [1.54, 1.807) is 6.20 Å².